The van der Waals surface area contributed by atoms with Gasteiger partial charge in [-0.25, -0.2) is 13.6 Å². The molecule has 0 atom stereocenters. The van der Waals surface area contributed by atoms with Crippen LogP contribution in [0.3, 0.4) is 0 Å². The molecule has 0 aliphatic carbocycles. The van der Waals surface area contributed by atoms with Crippen molar-refractivity contribution in [3.63, 3.8) is 0 Å². The number of anilines is 1. The van der Waals surface area contributed by atoms with Gasteiger partial charge < -0.3 is 15.0 Å². The number of hydrogen-bond acceptors (Lipinski definition) is 2. The van der Waals surface area contributed by atoms with Gasteiger partial charge in [-0.3, -0.25) is 0 Å². The Hall–Kier alpha value is -3.62. The normalized spacial score (nSPS) is 13.5. The van der Waals surface area contributed by atoms with E-state index in [2.05, 4.69) is 10.1 Å². The first kappa shape index (κ1) is 21.6. The Morgan fingerprint density at radius 1 is 1.00 bits per heavy atom. The predicted molar refractivity (Wildman–Crippen MR) is 108 cm³/mol. The lowest BCUT2D eigenvalue weighted by Crippen LogP contribution is -2.39. The maximum atomic E-state index is 13.8. The zero-order valence-corrected chi connectivity index (χ0v) is 16.5. The van der Waals surface area contributed by atoms with Gasteiger partial charge >= 0.3 is 12.4 Å². The van der Waals surface area contributed by atoms with E-state index in [0.29, 0.717) is 13.0 Å². The van der Waals surface area contributed by atoms with Crippen LogP contribution in [0.25, 0.3) is 11.1 Å². The first-order valence-electron chi connectivity index (χ1n) is 9.67. The lowest BCUT2D eigenvalue weighted by atomic mass is 9.91. The van der Waals surface area contributed by atoms with E-state index in [9.17, 15) is 26.7 Å². The largest absolute Gasteiger partial charge is 0.573 e. The van der Waals surface area contributed by atoms with Gasteiger partial charge in [0.15, 0.2) is 0 Å². The second-order valence-electron chi connectivity index (χ2n) is 7.24. The molecule has 0 saturated heterocycles. The third-order valence-corrected chi connectivity index (χ3v) is 5.12. The number of carbonyl (C=O) groups excluding carboxylic acids is 1. The van der Waals surface area contributed by atoms with Gasteiger partial charge in [-0.1, -0.05) is 30.3 Å². The maximum Gasteiger partial charge on any atom is 0.573 e. The fourth-order valence-corrected chi connectivity index (χ4v) is 3.68. The smallest absolute Gasteiger partial charge is 0.406 e. The van der Waals surface area contributed by atoms with Gasteiger partial charge in [0.1, 0.15) is 17.4 Å². The highest BCUT2D eigenvalue weighted by Gasteiger charge is 2.31. The predicted octanol–water partition coefficient (Wildman–Crippen LogP) is 6.12. The number of urea groups is 1. The van der Waals surface area contributed by atoms with Crippen molar-refractivity contribution in [2.24, 2.45) is 0 Å². The molecule has 3 aromatic rings. The molecule has 9 heteroatoms. The molecule has 3 aromatic carbocycles. The summed E-state index contributed by atoms with van der Waals surface area (Å²) < 4.78 is 68.2. The molecule has 166 valence electrons. The SMILES string of the molecule is O=C(Nc1cc(F)ccc1F)N1CCc2c(cccc2-c2ccc(OC(F)(F)F)cc2)C1. The van der Waals surface area contributed by atoms with Gasteiger partial charge in [-0.05, 0) is 52.9 Å². The molecule has 1 N–H and O–H groups in total. The Morgan fingerprint density at radius 3 is 2.47 bits per heavy atom. The molecule has 0 aromatic heterocycles. The number of halogens is 5. The Labute approximate surface area is 180 Å². The summed E-state index contributed by atoms with van der Waals surface area (Å²) >= 11 is 0. The van der Waals surface area contributed by atoms with E-state index in [0.717, 1.165) is 40.5 Å². The number of nitrogens with zero attached hydrogens (tertiary/aromatic N) is 1. The first-order valence-corrected chi connectivity index (χ1v) is 9.67. The number of benzene rings is 3. The van der Waals surface area contributed by atoms with Crippen LogP contribution in [0.2, 0.25) is 0 Å². The molecule has 1 heterocycles. The van der Waals surface area contributed by atoms with Crippen molar-refractivity contribution >= 4 is 11.7 Å². The molecule has 1 aliphatic rings. The highest BCUT2D eigenvalue weighted by molar-refractivity contribution is 5.89. The highest BCUT2D eigenvalue weighted by atomic mass is 19.4. The van der Waals surface area contributed by atoms with Crippen LogP contribution >= 0.6 is 0 Å². The molecule has 0 unspecified atom stereocenters. The summed E-state index contributed by atoms with van der Waals surface area (Å²) in [5.41, 5.74) is 3.15. The highest BCUT2D eigenvalue weighted by Crippen LogP contribution is 2.32. The van der Waals surface area contributed by atoms with Gasteiger partial charge in [0.05, 0.1) is 5.69 Å². The molecule has 4 rings (SSSR count). The lowest BCUT2D eigenvalue weighted by molar-refractivity contribution is -0.274. The molecular weight excluding hydrogens is 431 g/mol. The zero-order chi connectivity index (χ0) is 22.9. The number of ether oxygens (including phenoxy) is 1. The van der Waals surface area contributed by atoms with Crippen molar-refractivity contribution in [1.29, 1.82) is 0 Å². The molecule has 2 amide bonds. The molecule has 0 fully saturated rings. The Kier molecular flexibility index (Phi) is 5.73. The summed E-state index contributed by atoms with van der Waals surface area (Å²) in [5.74, 6) is -1.71. The minimum atomic E-state index is -4.76. The number of carbonyl (C=O) groups is 1. The second kappa shape index (κ2) is 8.49. The third kappa shape index (κ3) is 4.82. The summed E-state index contributed by atoms with van der Waals surface area (Å²) in [4.78, 5) is 14.1. The maximum absolute atomic E-state index is 13.8. The molecular formula is C23H17F5N2O2. The molecule has 1 aliphatic heterocycles. The summed E-state index contributed by atoms with van der Waals surface area (Å²) in [7, 11) is 0. The summed E-state index contributed by atoms with van der Waals surface area (Å²) in [6.45, 7) is 0.587. The molecule has 0 radical (unpaired) electrons. The van der Waals surface area contributed by atoms with Crippen molar-refractivity contribution in [1.82, 2.24) is 4.90 Å². The number of amides is 2. The Bertz CT molecular complexity index is 1150. The Balaban J connectivity index is 1.51. The molecule has 0 bridgehead atoms. The quantitative estimate of drug-likeness (QED) is 0.491. The van der Waals surface area contributed by atoms with Crippen molar-refractivity contribution in [2.75, 3.05) is 11.9 Å². The topological polar surface area (TPSA) is 41.6 Å². The van der Waals surface area contributed by atoms with Crippen LogP contribution in [0.5, 0.6) is 5.75 Å². The number of rotatable bonds is 3. The summed E-state index contributed by atoms with van der Waals surface area (Å²) in [5, 5.41) is 2.39. The van der Waals surface area contributed by atoms with E-state index >= 15 is 0 Å². The van der Waals surface area contributed by atoms with E-state index < -0.39 is 24.0 Å². The fraction of sp³-hybridized carbons (Fsp3) is 0.174. The van der Waals surface area contributed by atoms with Crippen LogP contribution in [-0.2, 0) is 13.0 Å². The van der Waals surface area contributed by atoms with Crippen LogP contribution in [0.1, 0.15) is 11.1 Å². The van der Waals surface area contributed by atoms with Crippen molar-refractivity contribution in [3.8, 4) is 16.9 Å². The van der Waals surface area contributed by atoms with E-state index in [1.165, 1.54) is 17.0 Å². The number of nitrogens with one attached hydrogen (secondary N) is 1. The second-order valence-corrected chi connectivity index (χ2v) is 7.24. The van der Waals surface area contributed by atoms with Gasteiger partial charge in [-0.15, -0.1) is 13.2 Å². The Morgan fingerprint density at radius 2 is 1.75 bits per heavy atom. The number of fused-ring (bicyclic) bond motifs is 1. The average Bonchev–Trinajstić information content (AvgIpc) is 2.75. The molecule has 4 nitrogen and oxygen atoms in total. The number of alkyl halides is 3. The van der Waals surface area contributed by atoms with Crippen LogP contribution < -0.4 is 10.1 Å². The van der Waals surface area contributed by atoms with Crippen LogP contribution in [0.15, 0.2) is 60.7 Å². The van der Waals surface area contributed by atoms with Gasteiger partial charge in [0.2, 0.25) is 0 Å². The monoisotopic (exact) mass is 448 g/mol. The summed E-state index contributed by atoms with van der Waals surface area (Å²) in [6, 6.07) is 13.3. The van der Waals surface area contributed by atoms with Crippen molar-refractivity contribution < 1.29 is 31.5 Å². The van der Waals surface area contributed by atoms with E-state index in [1.54, 1.807) is 18.2 Å². The standard InChI is InChI=1S/C23H17F5N2O2/c24-16-6-9-20(25)21(12-16)29-22(31)30-11-10-19-15(13-30)2-1-3-18(19)14-4-7-17(8-5-14)32-23(26,27)28/h1-9,12H,10-11,13H2,(H,29,31). The van der Waals surface area contributed by atoms with Crippen molar-refractivity contribution in [2.45, 2.75) is 19.3 Å². The third-order valence-electron chi connectivity index (χ3n) is 5.12. The zero-order valence-electron chi connectivity index (χ0n) is 16.5. The first-order chi connectivity index (χ1) is 15.2. The van der Waals surface area contributed by atoms with Gasteiger partial charge in [0.25, 0.3) is 0 Å². The average molecular weight is 448 g/mol. The van der Waals surface area contributed by atoms with Crippen LogP contribution in [-0.4, -0.2) is 23.8 Å². The van der Waals surface area contributed by atoms with Crippen LogP contribution in [0.4, 0.5) is 32.4 Å². The number of hydrogen-bond donors (Lipinski definition) is 1. The molecule has 32 heavy (non-hydrogen) atoms. The van der Waals surface area contributed by atoms with Crippen molar-refractivity contribution in [3.05, 3.63) is 83.4 Å². The van der Waals surface area contributed by atoms with E-state index in [1.807, 2.05) is 12.1 Å². The summed E-state index contributed by atoms with van der Waals surface area (Å²) in [6.07, 6.45) is -4.27. The minimum absolute atomic E-state index is 0.240. The van der Waals surface area contributed by atoms with E-state index in [4.69, 9.17) is 0 Å². The minimum Gasteiger partial charge on any atom is -0.406 e. The van der Waals surface area contributed by atoms with Gasteiger partial charge in [-0.2, -0.15) is 0 Å². The fourth-order valence-electron chi connectivity index (χ4n) is 3.68. The molecule has 0 spiro atoms. The lowest BCUT2D eigenvalue weighted by Gasteiger charge is -2.30. The van der Waals surface area contributed by atoms with E-state index in [-0.39, 0.29) is 18.0 Å². The van der Waals surface area contributed by atoms with Crippen LogP contribution in [0, 0.1) is 11.6 Å². The molecule has 0 saturated carbocycles. The van der Waals surface area contributed by atoms with Gasteiger partial charge in [0, 0.05) is 19.2 Å².